The van der Waals surface area contributed by atoms with Gasteiger partial charge in [-0.3, -0.25) is 0 Å². The molecule has 1 heterocycles. The highest BCUT2D eigenvalue weighted by atomic mass is 16.5. The van der Waals surface area contributed by atoms with E-state index in [0.29, 0.717) is 13.2 Å². The van der Waals surface area contributed by atoms with Gasteiger partial charge in [0.15, 0.2) is 0 Å². The molecule has 3 heteroatoms. The fourth-order valence-corrected chi connectivity index (χ4v) is 2.62. The molecule has 0 atom stereocenters. The summed E-state index contributed by atoms with van der Waals surface area (Å²) in [6, 6.07) is 2.23. The highest BCUT2D eigenvalue weighted by Crippen LogP contribution is 2.40. The van der Waals surface area contributed by atoms with Gasteiger partial charge in [-0.15, -0.1) is 0 Å². The van der Waals surface area contributed by atoms with Crippen molar-refractivity contribution >= 4 is 0 Å². The summed E-state index contributed by atoms with van der Waals surface area (Å²) in [5.41, 5.74) is 4.93. The van der Waals surface area contributed by atoms with Crippen molar-refractivity contribution in [1.82, 2.24) is 5.32 Å². The molecule has 1 N–H and O–H groups in total. The van der Waals surface area contributed by atoms with E-state index in [0.717, 1.165) is 5.75 Å². The van der Waals surface area contributed by atoms with Crippen LogP contribution < -0.4 is 10.1 Å². The summed E-state index contributed by atoms with van der Waals surface area (Å²) in [4.78, 5) is 0. The minimum Gasteiger partial charge on any atom is -0.496 e. The van der Waals surface area contributed by atoms with Crippen LogP contribution in [0.2, 0.25) is 0 Å². The topological polar surface area (TPSA) is 30.5 Å². The highest BCUT2D eigenvalue weighted by molar-refractivity contribution is 5.53. The lowest BCUT2D eigenvalue weighted by atomic mass is 9.82. The molecule has 0 unspecified atom stereocenters. The molecule has 0 amide bonds. The molecular formula is C14H21NO2. The molecule has 94 valence electrons. The monoisotopic (exact) mass is 235 g/mol. The van der Waals surface area contributed by atoms with Crippen molar-refractivity contribution in [3.05, 3.63) is 28.3 Å². The zero-order chi connectivity index (χ0) is 12.6. The zero-order valence-corrected chi connectivity index (χ0v) is 11.3. The van der Waals surface area contributed by atoms with Gasteiger partial charge in [-0.1, -0.05) is 6.07 Å². The number of nitrogens with one attached hydrogen (secondary N) is 1. The molecule has 1 aromatic rings. The first-order valence-electron chi connectivity index (χ1n) is 5.97. The average Bonchev–Trinajstić information content (AvgIpc) is 2.24. The van der Waals surface area contributed by atoms with Gasteiger partial charge in [0.05, 0.1) is 25.9 Å². The third kappa shape index (κ3) is 1.74. The maximum absolute atomic E-state index is 5.63. The Bertz CT molecular complexity index is 431. The van der Waals surface area contributed by atoms with E-state index in [-0.39, 0.29) is 5.54 Å². The molecule has 3 nitrogen and oxygen atoms in total. The Morgan fingerprint density at radius 2 is 1.88 bits per heavy atom. The molecule has 2 rings (SSSR count). The number of methoxy groups -OCH3 is 1. The lowest BCUT2D eigenvalue weighted by molar-refractivity contribution is -0.0760. The number of hydrogen-bond acceptors (Lipinski definition) is 3. The molecule has 0 aromatic heterocycles. The Balaban J connectivity index is 2.63. The predicted octanol–water partition coefficient (Wildman–Crippen LogP) is 2.07. The molecule has 1 aliphatic heterocycles. The molecule has 0 saturated carbocycles. The second kappa shape index (κ2) is 4.31. The largest absolute Gasteiger partial charge is 0.496 e. The summed E-state index contributed by atoms with van der Waals surface area (Å²) in [5.74, 6) is 1.00. The van der Waals surface area contributed by atoms with Gasteiger partial charge in [-0.05, 0) is 44.5 Å². The fourth-order valence-electron chi connectivity index (χ4n) is 2.62. The van der Waals surface area contributed by atoms with E-state index >= 15 is 0 Å². The smallest absolute Gasteiger partial charge is 0.127 e. The van der Waals surface area contributed by atoms with E-state index in [9.17, 15) is 0 Å². The van der Waals surface area contributed by atoms with Crippen molar-refractivity contribution in [2.75, 3.05) is 27.4 Å². The third-order valence-corrected chi connectivity index (χ3v) is 3.84. The van der Waals surface area contributed by atoms with Crippen LogP contribution in [-0.4, -0.2) is 27.4 Å². The summed E-state index contributed by atoms with van der Waals surface area (Å²) in [7, 11) is 3.73. The van der Waals surface area contributed by atoms with Crippen molar-refractivity contribution in [3.8, 4) is 5.75 Å². The Kier molecular flexibility index (Phi) is 3.15. The molecule has 0 radical (unpaired) electrons. The van der Waals surface area contributed by atoms with Gasteiger partial charge in [0.2, 0.25) is 0 Å². The first-order valence-corrected chi connectivity index (χ1v) is 5.97. The van der Waals surface area contributed by atoms with Crippen molar-refractivity contribution < 1.29 is 9.47 Å². The Labute approximate surface area is 103 Å². The van der Waals surface area contributed by atoms with E-state index in [1.54, 1.807) is 7.11 Å². The van der Waals surface area contributed by atoms with Crippen LogP contribution in [0.25, 0.3) is 0 Å². The lowest BCUT2D eigenvalue weighted by Crippen LogP contribution is -2.56. The van der Waals surface area contributed by atoms with Crippen LogP contribution in [0.4, 0.5) is 0 Å². The number of ether oxygens (including phenoxy) is 2. The van der Waals surface area contributed by atoms with Crippen LogP contribution in [-0.2, 0) is 10.3 Å². The van der Waals surface area contributed by atoms with Gasteiger partial charge in [-0.25, -0.2) is 0 Å². The Hall–Kier alpha value is -1.06. The molecule has 1 aliphatic rings. The first kappa shape index (κ1) is 12.4. The SMILES string of the molecule is CNC1(c2c(C)cc(C)c(C)c2OC)COC1. The lowest BCUT2D eigenvalue weighted by Gasteiger charge is -2.43. The van der Waals surface area contributed by atoms with Gasteiger partial charge in [0.1, 0.15) is 5.75 Å². The molecular weight excluding hydrogens is 214 g/mol. The highest BCUT2D eigenvalue weighted by Gasteiger charge is 2.42. The van der Waals surface area contributed by atoms with Gasteiger partial charge >= 0.3 is 0 Å². The quantitative estimate of drug-likeness (QED) is 0.870. The number of rotatable bonds is 3. The van der Waals surface area contributed by atoms with E-state index < -0.39 is 0 Å². The first-order chi connectivity index (χ1) is 8.05. The predicted molar refractivity (Wildman–Crippen MR) is 68.8 cm³/mol. The number of aryl methyl sites for hydroxylation is 2. The Morgan fingerprint density at radius 1 is 1.24 bits per heavy atom. The molecule has 1 fully saturated rings. The van der Waals surface area contributed by atoms with Crippen LogP contribution in [0.1, 0.15) is 22.3 Å². The molecule has 0 bridgehead atoms. The minimum atomic E-state index is -0.0755. The standard InChI is InChI=1S/C14H21NO2/c1-9-6-10(2)12(13(16-5)11(9)3)14(15-4)7-17-8-14/h6,15H,7-8H2,1-5H3. The normalized spacial score (nSPS) is 17.7. The maximum atomic E-state index is 5.63. The van der Waals surface area contributed by atoms with E-state index in [4.69, 9.17) is 9.47 Å². The molecule has 1 saturated heterocycles. The van der Waals surface area contributed by atoms with Gasteiger partial charge in [0.25, 0.3) is 0 Å². The third-order valence-electron chi connectivity index (χ3n) is 3.84. The van der Waals surface area contributed by atoms with Crippen LogP contribution >= 0.6 is 0 Å². The second-order valence-corrected chi connectivity index (χ2v) is 4.87. The van der Waals surface area contributed by atoms with Crippen molar-refractivity contribution in [3.63, 3.8) is 0 Å². The minimum absolute atomic E-state index is 0.0755. The van der Waals surface area contributed by atoms with Crippen LogP contribution in [0.5, 0.6) is 5.75 Å². The molecule has 1 aromatic carbocycles. The summed E-state index contributed by atoms with van der Waals surface area (Å²) in [5, 5.41) is 3.39. The van der Waals surface area contributed by atoms with Crippen LogP contribution in [0, 0.1) is 20.8 Å². The maximum Gasteiger partial charge on any atom is 0.127 e. The van der Waals surface area contributed by atoms with E-state index in [2.05, 4.69) is 32.2 Å². The fraction of sp³-hybridized carbons (Fsp3) is 0.571. The second-order valence-electron chi connectivity index (χ2n) is 4.87. The zero-order valence-electron chi connectivity index (χ0n) is 11.3. The number of likely N-dealkylation sites (N-methyl/N-ethyl adjacent to an activating group) is 1. The number of hydrogen-bond donors (Lipinski definition) is 1. The van der Waals surface area contributed by atoms with Crippen LogP contribution in [0.15, 0.2) is 6.07 Å². The summed E-state index contributed by atoms with van der Waals surface area (Å²) in [6.45, 7) is 7.80. The summed E-state index contributed by atoms with van der Waals surface area (Å²) >= 11 is 0. The number of benzene rings is 1. The average molecular weight is 235 g/mol. The van der Waals surface area contributed by atoms with Crippen LogP contribution in [0.3, 0.4) is 0 Å². The molecule has 17 heavy (non-hydrogen) atoms. The summed E-state index contributed by atoms with van der Waals surface area (Å²) < 4.78 is 11.0. The van der Waals surface area contributed by atoms with E-state index in [1.165, 1.54) is 22.3 Å². The molecule has 0 spiro atoms. The Morgan fingerprint density at radius 3 is 2.29 bits per heavy atom. The van der Waals surface area contributed by atoms with E-state index in [1.807, 2.05) is 7.05 Å². The van der Waals surface area contributed by atoms with Crippen molar-refractivity contribution in [2.45, 2.75) is 26.3 Å². The summed E-state index contributed by atoms with van der Waals surface area (Å²) in [6.07, 6.45) is 0. The van der Waals surface area contributed by atoms with Gasteiger partial charge < -0.3 is 14.8 Å². The van der Waals surface area contributed by atoms with Crippen molar-refractivity contribution in [2.24, 2.45) is 0 Å². The van der Waals surface area contributed by atoms with Gasteiger partial charge in [0, 0.05) is 5.56 Å². The molecule has 0 aliphatic carbocycles. The van der Waals surface area contributed by atoms with Gasteiger partial charge in [-0.2, -0.15) is 0 Å². The van der Waals surface area contributed by atoms with Crippen molar-refractivity contribution in [1.29, 1.82) is 0 Å².